The Kier molecular flexibility index (Phi) is 9.33. The summed E-state index contributed by atoms with van der Waals surface area (Å²) in [4.78, 5) is 40.2. The van der Waals surface area contributed by atoms with Crippen LogP contribution in [0.5, 0.6) is 0 Å². The van der Waals surface area contributed by atoms with Gasteiger partial charge in [-0.2, -0.15) is 0 Å². The maximum Gasteiger partial charge on any atom is 0.270 e. The zero-order chi connectivity index (χ0) is 23.7. The van der Waals surface area contributed by atoms with Gasteiger partial charge in [-0.3, -0.25) is 19.7 Å². The number of rotatable bonds is 12. The third kappa shape index (κ3) is 7.16. The molecule has 32 heavy (non-hydrogen) atoms. The molecule has 1 N–H and O–H groups in total. The van der Waals surface area contributed by atoms with Crippen LogP contribution in [0.4, 0.5) is 11.5 Å². The molecule has 2 amide bonds. The molecule has 0 aliphatic heterocycles. The summed E-state index contributed by atoms with van der Waals surface area (Å²) in [7, 11) is 0. The first-order valence-electron chi connectivity index (χ1n) is 10.8. The van der Waals surface area contributed by atoms with E-state index in [0.717, 1.165) is 26.1 Å². The summed E-state index contributed by atoms with van der Waals surface area (Å²) >= 11 is 0. The van der Waals surface area contributed by atoms with E-state index in [9.17, 15) is 19.7 Å². The second kappa shape index (κ2) is 11.9. The molecule has 0 radical (unpaired) electrons. The number of carbonyl (C=O) groups is 2. The predicted molar refractivity (Wildman–Crippen MR) is 120 cm³/mol. The highest BCUT2D eigenvalue weighted by atomic mass is 16.6. The maximum absolute atomic E-state index is 13.2. The molecule has 0 aliphatic rings. The number of nitrogens with zero attached hydrogens (tertiary/aromatic N) is 4. The molecule has 0 spiro atoms. The minimum Gasteiger partial charge on any atom is -0.360 e. The van der Waals surface area contributed by atoms with Crippen LogP contribution in [-0.4, -0.2) is 63.9 Å². The van der Waals surface area contributed by atoms with E-state index in [1.54, 1.807) is 13.0 Å². The Morgan fingerprint density at radius 1 is 1.25 bits per heavy atom. The van der Waals surface area contributed by atoms with Gasteiger partial charge in [0.05, 0.1) is 4.92 Å². The zero-order valence-electron chi connectivity index (χ0n) is 19.0. The molecule has 2 aromatic rings. The van der Waals surface area contributed by atoms with E-state index < -0.39 is 16.7 Å². The smallest absolute Gasteiger partial charge is 0.270 e. The Balaban J connectivity index is 2.16. The average Bonchev–Trinajstić information content (AvgIpc) is 3.18. The van der Waals surface area contributed by atoms with Crippen molar-refractivity contribution in [1.29, 1.82) is 0 Å². The van der Waals surface area contributed by atoms with Crippen molar-refractivity contribution in [3.63, 3.8) is 0 Å². The van der Waals surface area contributed by atoms with Gasteiger partial charge in [-0.05, 0) is 52.4 Å². The quantitative estimate of drug-likeness (QED) is 0.392. The van der Waals surface area contributed by atoms with Gasteiger partial charge in [-0.1, -0.05) is 25.1 Å². The van der Waals surface area contributed by atoms with E-state index in [-0.39, 0.29) is 29.7 Å². The summed E-state index contributed by atoms with van der Waals surface area (Å²) in [5.41, 5.74) is -0.00705. The molecule has 1 unspecified atom stereocenters. The average molecular weight is 446 g/mol. The van der Waals surface area contributed by atoms with Crippen molar-refractivity contribution >= 4 is 23.3 Å². The molecule has 1 aromatic heterocycles. The van der Waals surface area contributed by atoms with E-state index in [0.29, 0.717) is 12.2 Å². The van der Waals surface area contributed by atoms with Crippen molar-refractivity contribution in [1.82, 2.24) is 15.0 Å². The molecular weight excluding hydrogens is 414 g/mol. The third-order valence-corrected chi connectivity index (χ3v) is 5.30. The lowest BCUT2D eigenvalue weighted by Gasteiger charge is -2.29. The molecule has 174 valence electrons. The number of non-ortho nitro benzene ring substituents is 1. The Hall–Kier alpha value is -3.27. The van der Waals surface area contributed by atoms with E-state index >= 15 is 0 Å². The molecule has 1 heterocycles. The summed E-state index contributed by atoms with van der Waals surface area (Å²) in [5, 5.41) is 17.5. The van der Waals surface area contributed by atoms with Crippen LogP contribution in [0.15, 0.2) is 34.9 Å². The lowest BCUT2D eigenvalue weighted by Crippen LogP contribution is -2.44. The van der Waals surface area contributed by atoms with Gasteiger partial charge in [0.2, 0.25) is 5.91 Å². The lowest BCUT2D eigenvalue weighted by atomic mass is 10.1. The van der Waals surface area contributed by atoms with Crippen LogP contribution in [0.25, 0.3) is 0 Å². The summed E-state index contributed by atoms with van der Waals surface area (Å²) in [6.45, 7) is 10.4. The minimum atomic E-state index is -0.547. The van der Waals surface area contributed by atoms with E-state index in [4.69, 9.17) is 4.52 Å². The summed E-state index contributed by atoms with van der Waals surface area (Å²) in [6.07, 6.45) is 1.54. The van der Waals surface area contributed by atoms with Crippen molar-refractivity contribution in [2.45, 2.75) is 46.6 Å². The number of benzene rings is 1. The Morgan fingerprint density at radius 3 is 2.56 bits per heavy atom. The lowest BCUT2D eigenvalue weighted by molar-refractivity contribution is -0.384. The van der Waals surface area contributed by atoms with Crippen LogP contribution in [0.2, 0.25) is 0 Å². The van der Waals surface area contributed by atoms with E-state index in [1.165, 1.54) is 29.2 Å². The SMILES string of the molecule is CCN(CC)CCCC(C)N(CC(=O)Nc1cc(C)on1)C(=O)c1cccc([N+](=O)[O-])c1. The molecule has 1 atom stereocenters. The molecule has 10 heteroatoms. The fourth-order valence-electron chi connectivity index (χ4n) is 3.41. The van der Waals surface area contributed by atoms with Gasteiger partial charge >= 0.3 is 0 Å². The number of aromatic nitrogens is 1. The number of nitro benzene ring substituents is 1. The Bertz CT molecular complexity index is 925. The monoisotopic (exact) mass is 445 g/mol. The number of carbonyl (C=O) groups excluding carboxylic acids is 2. The van der Waals surface area contributed by atoms with Gasteiger partial charge in [-0.25, -0.2) is 0 Å². The fraction of sp³-hybridized carbons (Fsp3) is 0.500. The highest BCUT2D eigenvalue weighted by Crippen LogP contribution is 2.18. The largest absolute Gasteiger partial charge is 0.360 e. The van der Waals surface area contributed by atoms with E-state index in [2.05, 4.69) is 29.2 Å². The van der Waals surface area contributed by atoms with Crippen molar-refractivity contribution < 1.29 is 19.0 Å². The van der Waals surface area contributed by atoms with Gasteiger partial charge < -0.3 is 19.6 Å². The molecule has 0 aliphatic carbocycles. The number of nitrogens with one attached hydrogen (secondary N) is 1. The van der Waals surface area contributed by atoms with Crippen LogP contribution >= 0.6 is 0 Å². The number of amides is 2. The van der Waals surface area contributed by atoms with Gasteiger partial charge in [-0.15, -0.1) is 0 Å². The van der Waals surface area contributed by atoms with Crippen LogP contribution < -0.4 is 5.32 Å². The summed E-state index contributed by atoms with van der Waals surface area (Å²) in [5.74, 6) is -0.0396. The highest BCUT2D eigenvalue weighted by molar-refractivity contribution is 5.99. The van der Waals surface area contributed by atoms with Gasteiger partial charge in [0.25, 0.3) is 11.6 Å². The molecule has 10 nitrogen and oxygen atoms in total. The second-order valence-electron chi connectivity index (χ2n) is 7.63. The Labute approximate surface area is 187 Å². The normalized spacial score (nSPS) is 11.9. The number of aryl methyl sites for hydroxylation is 1. The standard InChI is InChI=1S/C22H31N5O5/c1-5-25(6-2)12-8-9-16(3)26(15-21(28)23-20-13-17(4)32-24-20)22(29)18-10-7-11-19(14-18)27(30)31/h7,10-11,13-14,16H,5-6,8-9,12,15H2,1-4H3,(H,23,24,28). The number of nitro groups is 1. The van der Waals surface area contributed by atoms with Gasteiger partial charge in [0.15, 0.2) is 5.82 Å². The van der Waals surface area contributed by atoms with Gasteiger partial charge in [0.1, 0.15) is 12.3 Å². The van der Waals surface area contributed by atoms with Crippen molar-refractivity contribution in [2.24, 2.45) is 0 Å². The first-order chi connectivity index (χ1) is 15.2. The van der Waals surface area contributed by atoms with Crippen LogP contribution in [0, 0.1) is 17.0 Å². The van der Waals surface area contributed by atoms with Crippen molar-refractivity contribution in [2.75, 3.05) is 31.5 Å². The zero-order valence-corrected chi connectivity index (χ0v) is 19.0. The molecule has 0 saturated heterocycles. The summed E-state index contributed by atoms with van der Waals surface area (Å²) in [6, 6.07) is 6.88. The fourth-order valence-corrected chi connectivity index (χ4v) is 3.41. The predicted octanol–water partition coefficient (Wildman–Crippen LogP) is 3.48. The van der Waals surface area contributed by atoms with Crippen LogP contribution in [-0.2, 0) is 4.79 Å². The first-order valence-corrected chi connectivity index (χ1v) is 10.8. The topological polar surface area (TPSA) is 122 Å². The highest BCUT2D eigenvalue weighted by Gasteiger charge is 2.25. The number of hydrogen-bond donors (Lipinski definition) is 1. The van der Waals surface area contributed by atoms with Crippen molar-refractivity contribution in [3.8, 4) is 0 Å². The maximum atomic E-state index is 13.2. The summed E-state index contributed by atoms with van der Waals surface area (Å²) < 4.78 is 4.95. The van der Waals surface area contributed by atoms with Crippen LogP contribution in [0.1, 0.15) is 49.7 Å². The number of hydrogen-bond acceptors (Lipinski definition) is 7. The molecule has 0 bridgehead atoms. The molecule has 0 saturated carbocycles. The first kappa shape index (κ1) is 25.0. The van der Waals surface area contributed by atoms with Gasteiger partial charge in [0, 0.05) is 29.8 Å². The second-order valence-corrected chi connectivity index (χ2v) is 7.63. The Morgan fingerprint density at radius 2 is 1.97 bits per heavy atom. The van der Waals surface area contributed by atoms with E-state index in [1.807, 2.05) is 6.92 Å². The molecular formula is C22H31N5O5. The minimum absolute atomic E-state index is 0.167. The number of anilines is 1. The molecule has 2 rings (SSSR count). The third-order valence-electron chi connectivity index (χ3n) is 5.30. The molecule has 1 aromatic carbocycles. The van der Waals surface area contributed by atoms with Crippen LogP contribution in [0.3, 0.4) is 0 Å². The van der Waals surface area contributed by atoms with Crippen molar-refractivity contribution in [3.05, 3.63) is 51.8 Å². The molecule has 0 fully saturated rings.